The topological polar surface area (TPSA) is 32.3 Å². The molecule has 0 amide bonds. The zero-order valence-electron chi connectivity index (χ0n) is 13.3. The van der Waals surface area contributed by atoms with Crippen LogP contribution in [0, 0.1) is 0 Å². The van der Waals surface area contributed by atoms with Gasteiger partial charge in [-0.15, -0.1) is 0 Å². The van der Waals surface area contributed by atoms with E-state index in [1.807, 2.05) is 6.07 Å². The highest BCUT2D eigenvalue weighted by atomic mass is 32.2. The maximum absolute atomic E-state index is 4.35. The van der Waals surface area contributed by atoms with E-state index >= 15 is 0 Å². The minimum absolute atomic E-state index is 0.725. The van der Waals surface area contributed by atoms with Crippen LogP contribution in [0.3, 0.4) is 0 Å². The van der Waals surface area contributed by atoms with Crippen LogP contribution in [-0.4, -0.2) is 47.1 Å². The minimum atomic E-state index is 0.725. The third-order valence-corrected chi connectivity index (χ3v) is 5.75. The molecule has 0 spiro atoms. The van der Waals surface area contributed by atoms with Crippen molar-refractivity contribution in [3.8, 4) is 0 Å². The lowest BCUT2D eigenvalue weighted by atomic mass is 9.99. The lowest BCUT2D eigenvalue weighted by Gasteiger charge is -2.45. The predicted octanol–water partition coefficient (Wildman–Crippen LogP) is 3.30. The maximum Gasteiger partial charge on any atom is 0.192 e. The Balaban J connectivity index is 1.54. The van der Waals surface area contributed by atoms with Gasteiger partial charge in [0.1, 0.15) is 0 Å². The fourth-order valence-corrected chi connectivity index (χ4v) is 4.49. The molecule has 1 unspecified atom stereocenters. The van der Waals surface area contributed by atoms with Crippen molar-refractivity contribution >= 4 is 17.4 Å². The van der Waals surface area contributed by atoms with Crippen LogP contribution in [-0.2, 0) is 0 Å². The Bertz CT molecular complexity index is 648. The van der Waals surface area contributed by atoms with Crippen LogP contribution in [0.25, 0.3) is 0 Å². The predicted molar refractivity (Wildman–Crippen MR) is 94.0 cm³/mol. The Morgan fingerprint density at radius 1 is 0.957 bits per heavy atom. The number of hydrogen-bond acceptors (Lipinski definition) is 5. The van der Waals surface area contributed by atoms with Crippen molar-refractivity contribution < 1.29 is 0 Å². The second-order valence-electron chi connectivity index (χ2n) is 6.23. The van der Waals surface area contributed by atoms with Gasteiger partial charge >= 0.3 is 0 Å². The molecular weight excluding hydrogens is 304 g/mol. The molecule has 1 atom stereocenters. The van der Waals surface area contributed by atoms with Crippen molar-refractivity contribution in [3.63, 3.8) is 0 Å². The first kappa shape index (κ1) is 15.0. The van der Waals surface area contributed by atoms with Crippen LogP contribution in [0.4, 0.5) is 5.69 Å². The number of benzene rings is 1. The molecule has 4 rings (SSSR count). The monoisotopic (exact) mass is 326 g/mol. The van der Waals surface area contributed by atoms with E-state index in [2.05, 4.69) is 44.0 Å². The molecule has 23 heavy (non-hydrogen) atoms. The summed E-state index contributed by atoms with van der Waals surface area (Å²) < 4.78 is 0. The number of rotatable bonds is 3. The van der Waals surface area contributed by atoms with Crippen LogP contribution in [0.15, 0.2) is 52.8 Å². The van der Waals surface area contributed by atoms with Gasteiger partial charge in [0.05, 0.1) is 5.69 Å². The van der Waals surface area contributed by atoms with E-state index in [0.717, 1.165) is 24.3 Å². The number of nitrogens with zero attached hydrogens (tertiary/aromatic N) is 4. The summed E-state index contributed by atoms with van der Waals surface area (Å²) >= 11 is 1.66. The average Bonchev–Trinajstić information content (AvgIpc) is 2.63. The molecule has 2 fully saturated rings. The molecule has 0 radical (unpaired) electrons. The molecule has 120 valence electrons. The van der Waals surface area contributed by atoms with Gasteiger partial charge in [-0.3, -0.25) is 4.90 Å². The van der Waals surface area contributed by atoms with E-state index in [1.165, 1.54) is 42.9 Å². The zero-order valence-corrected chi connectivity index (χ0v) is 14.1. The largest absolute Gasteiger partial charge is 0.368 e. The molecule has 1 aromatic carbocycles. The summed E-state index contributed by atoms with van der Waals surface area (Å²) in [7, 11) is 0. The summed E-state index contributed by atoms with van der Waals surface area (Å²) in [5.41, 5.74) is 1.33. The number of aromatic nitrogens is 2. The van der Waals surface area contributed by atoms with Crippen molar-refractivity contribution in [1.29, 1.82) is 0 Å². The number of fused-ring (bicyclic) bond motifs is 1. The van der Waals surface area contributed by atoms with Crippen molar-refractivity contribution in [2.24, 2.45) is 0 Å². The molecule has 5 heteroatoms. The van der Waals surface area contributed by atoms with E-state index in [4.69, 9.17) is 0 Å². The smallest absolute Gasteiger partial charge is 0.192 e. The highest BCUT2D eigenvalue weighted by Crippen LogP contribution is 2.35. The Morgan fingerprint density at radius 3 is 2.74 bits per heavy atom. The SMILES string of the molecule is c1cnc(Sc2ccccc2N2CCN3CCCCC3C2)nc1. The van der Waals surface area contributed by atoms with E-state index < -0.39 is 0 Å². The van der Waals surface area contributed by atoms with Crippen LogP contribution in [0.1, 0.15) is 19.3 Å². The highest BCUT2D eigenvalue weighted by Gasteiger charge is 2.29. The number of para-hydroxylation sites is 1. The molecule has 2 saturated heterocycles. The van der Waals surface area contributed by atoms with Crippen molar-refractivity contribution in [2.45, 2.75) is 35.4 Å². The van der Waals surface area contributed by atoms with Crippen LogP contribution >= 0.6 is 11.8 Å². The van der Waals surface area contributed by atoms with Crippen molar-refractivity contribution in [1.82, 2.24) is 14.9 Å². The quantitative estimate of drug-likeness (QED) is 0.808. The highest BCUT2D eigenvalue weighted by molar-refractivity contribution is 7.99. The lowest BCUT2D eigenvalue weighted by molar-refractivity contribution is 0.133. The number of hydrogen-bond donors (Lipinski definition) is 0. The maximum atomic E-state index is 4.35. The Labute approximate surface area is 141 Å². The first-order valence-electron chi connectivity index (χ1n) is 8.43. The molecular formula is C18H22N4S. The summed E-state index contributed by atoms with van der Waals surface area (Å²) in [6.07, 6.45) is 7.70. The van der Waals surface area contributed by atoms with Gasteiger partial charge in [-0.05, 0) is 49.3 Å². The summed E-state index contributed by atoms with van der Waals surface area (Å²) in [6, 6.07) is 11.2. The molecule has 0 aliphatic carbocycles. The van der Waals surface area contributed by atoms with E-state index in [0.29, 0.717) is 0 Å². The van der Waals surface area contributed by atoms with Gasteiger partial charge in [0.25, 0.3) is 0 Å². The third-order valence-electron chi connectivity index (χ3n) is 4.79. The molecule has 0 bridgehead atoms. The van der Waals surface area contributed by atoms with Gasteiger partial charge in [-0.2, -0.15) is 0 Å². The Hall–Kier alpha value is -1.59. The normalized spacial score (nSPS) is 21.9. The van der Waals surface area contributed by atoms with E-state index in [9.17, 15) is 0 Å². The molecule has 0 saturated carbocycles. The number of piperidine rings is 1. The number of anilines is 1. The fourth-order valence-electron chi connectivity index (χ4n) is 3.62. The van der Waals surface area contributed by atoms with Crippen molar-refractivity contribution in [3.05, 3.63) is 42.7 Å². The van der Waals surface area contributed by atoms with Crippen LogP contribution < -0.4 is 4.90 Å². The van der Waals surface area contributed by atoms with Crippen LogP contribution in [0.2, 0.25) is 0 Å². The lowest BCUT2D eigenvalue weighted by Crippen LogP contribution is -2.55. The summed E-state index contributed by atoms with van der Waals surface area (Å²) in [5, 5.41) is 0.816. The summed E-state index contributed by atoms with van der Waals surface area (Å²) in [4.78, 5) is 15.2. The van der Waals surface area contributed by atoms with Gasteiger partial charge in [0.15, 0.2) is 5.16 Å². The second-order valence-corrected chi connectivity index (χ2v) is 7.24. The first-order valence-corrected chi connectivity index (χ1v) is 9.25. The van der Waals surface area contributed by atoms with Gasteiger partial charge in [0, 0.05) is 43.0 Å². The molecule has 4 nitrogen and oxygen atoms in total. The zero-order chi connectivity index (χ0) is 15.5. The van der Waals surface area contributed by atoms with E-state index in [-0.39, 0.29) is 0 Å². The Kier molecular flexibility index (Phi) is 4.48. The molecule has 3 heterocycles. The van der Waals surface area contributed by atoms with Gasteiger partial charge in [-0.1, -0.05) is 18.6 Å². The van der Waals surface area contributed by atoms with Crippen molar-refractivity contribution in [2.75, 3.05) is 31.1 Å². The standard InChI is InChI=1S/C18H22N4S/c1-2-8-17(23-18-19-9-5-10-20-18)16(7-1)22-13-12-21-11-4-3-6-15(21)14-22/h1-2,5,7-10,15H,3-4,6,11-14H2. The molecule has 2 aliphatic rings. The molecule has 2 aromatic rings. The molecule has 1 aromatic heterocycles. The second kappa shape index (κ2) is 6.89. The Morgan fingerprint density at radius 2 is 1.83 bits per heavy atom. The van der Waals surface area contributed by atoms with E-state index in [1.54, 1.807) is 24.2 Å². The average molecular weight is 326 g/mol. The molecule has 2 aliphatic heterocycles. The minimum Gasteiger partial charge on any atom is -0.368 e. The summed E-state index contributed by atoms with van der Waals surface area (Å²) in [6.45, 7) is 4.73. The fraction of sp³-hybridized carbons (Fsp3) is 0.444. The summed E-state index contributed by atoms with van der Waals surface area (Å²) in [5.74, 6) is 0. The van der Waals surface area contributed by atoms with Gasteiger partial charge < -0.3 is 4.90 Å². The first-order chi connectivity index (χ1) is 11.4. The van der Waals surface area contributed by atoms with Crippen LogP contribution in [0.5, 0.6) is 0 Å². The van der Waals surface area contributed by atoms with Gasteiger partial charge in [0.2, 0.25) is 0 Å². The number of piperazine rings is 1. The molecule has 0 N–H and O–H groups in total. The third kappa shape index (κ3) is 3.35. The van der Waals surface area contributed by atoms with Gasteiger partial charge in [-0.25, -0.2) is 9.97 Å².